The average Bonchev–Trinajstić information content (AvgIpc) is 3.13. The second-order valence-electron chi connectivity index (χ2n) is 8.40. The smallest absolute Gasteiger partial charge is 0.280 e. The van der Waals surface area contributed by atoms with Crippen molar-refractivity contribution >= 4 is 27.5 Å². The summed E-state index contributed by atoms with van der Waals surface area (Å²) in [6.45, 7) is 1.48. The number of imide groups is 1. The van der Waals surface area contributed by atoms with Crippen molar-refractivity contribution in [2.45, 2.75) is 11.3 Å². The minimum absolute atomic E-state index is 0.161. The first-order valence-electron chi connectivity index (χ1n) is 11.3. The Morgan fingerprint density at radius 2 is 1.57 bits per heavy atom. The lowest BCUT2D eigenvalue weighted by Crippen LogP contribution is -2.48. The first-order valence-corrected chi connectivity index (χ1v) is 12.7. The average molecular weight is 495 g/mol. The third kappa shape index (κ3) is 4.30. The van der Waals surface area contributed by atoms with Crippen molar-refractivity contribution in [1.29, 1.82) is 0 Å². The van der Waals surface area contributed by atoms with E-state index < -0.39 is 15.9 Å². The lowest BCUT2D eigenvalue weighted by atomic mass is 10.1. The number of hydrogen-bond donors (Lipinski definition) is 0. The molecule has 1 aromatic heterocycles. The van der Waals surface area contributed by atoms with Crippen molar-refractivity contribution < 1.29 is 22.4 Å². The number of pyridine rings is 1. The van der Waals surface area contributed by atoms with Gasteiger partial charge in [0.2, 0.25) is 10.0 Å². The van der Waals surface area contributed by atoms with Crippen molar-refractivity contribution in [2.75, 3.05) is 37.6 Å². The highest BCUT2D eigenvalue weighted by Gasteiger charge is 2.36. The number of hydrogen-bond acceptors (Lipinski definition) is 6. The van der Waals surface area contributed by atoms with Crippen molar-refractivity contribution in [3.63, 3.8) is 0 Å². The number of sulfonamides is 1. The zero-order valence-electron chi connectivity index (χ0n) is 18.8. The van der Waals surface area contributed by atoms with Crippen LogP contribution in [0.3, 0.4) is 0 Å². The second kappa shape index (κ2) is 9.20. The first kappa shape index (κ1) is 23.1. The summed E-state index contributed by atoms with van der Waals surface area (Å²) >= 11 is 0. The molecule has 2 amide bonds. The minimum atomic E-state index is -3.69. The van der Waals surface area contributed by atoms with Gasteiger partial charge in [-0.1, -0.05) is 24.3 Å². The third-order valence-corrected chi connectivity index (χ3v) is 8.26. The number of carbonyl (C=O) groups excluding carboxylic acids is 2. The van der Waals surface area contributed by atoms with Crippen LogP contribution in [0.1, 0.15) is 26.4 Å². The maximum atomic E-state index is 14.1. The Kier molecular flexibility index (Phi) is 6.08. The Labute approximate surface area is 202 Å². The zero-order chi connectivity index (χ0) is 24.6. The highest BCUT2D eigenvalue weighted by molar-refractivity contribution is 7.89. The molecule has 35 heavy (non-hydrogen) atoms. The van der Waals surface area contributed by atoms with E-state index in [0.717, 1.165) is 10.5 Å². The van der Waals surface area contributed by atoms with E-state index in [0.29, 0.717) is 30.8 Å². The van der Waals surface area contributed by atoms with E-state index in [2.05, 4.69) is 4.98 Å². The molecular weight excluding hydrogens is 471 g/mol. The van der Waals surface area contributed by atoms with Crippen LogP contribution in [0.4, 0.5) is 10.1 Å². The molecule has 180 valence electrons. The van der Waals surface area contributed by atoms with E-state index in [4.69, 9.17) is 0 Å². The number of halogens is 1. The number of amides is 2. The molecule has 0 radical (unpaired) electrons. The fourth-order valence-electron chi connectivity index (χ4n) is 4.41. The molecular formula is C25H23FN4O4S. The Bertz CT molecular complexity index is 1350. The van der Waals surface area contributed by atoms with Gasteiger partial charge in [-0.2, -0.15) is 4.31 Å². The van der Waals surface area contributed by atoms with E-state index in [1.807, 2.05) is 4.90 Å². The zero-order valence-corrected chi connectivity index (χ0v) is 19.6. The summed E-state index contributed by atoms with van der Waals surface area (Å²) < 4.78 is 41.7. The van der Waals surface area contributed by atoms with Gasteiger partial charge in [-0.05, 0) is 48.4 Å². The molecule has 2 aliphatic rings. The molecule has 2 aromatic carbocycles. The van der Waals surface area contributed by atoms with Gasteiger partial charge < -0.3 is 4.90 Å². The number of carbonyl (C=O) groups is 2. The van der Waals surface area contributed by atoms with Gasteiger partial charge in [0.15, 0.2) is 0 Å². The summed E-state index contributed by atoms with van der Waals surface area (Å²) in [5.74, 6) is -1.11. The molecule has 10 heteroatoms. The van der Waals surface area contributed by atoms with Crippen LogP contribution in [0, 0.1) is 5.82 Å². The van der Waals surface area contributed by atoms with Crippen molar-refractivity contribution in [3.8, 4) is 0 Å². The van der Waals surface area contributed by atoms with Gasteiger partial charge in [0.05, 0.1) is 16.1 Å². The lowest BCUT2D eigenvalue weighted by molar-refractivity contribution is 0.0654. The monoisotopic (exact) mass is 494 g/mol. The van der Waals surface area contributed by atoms with E-state index in [-0.39, 0.29) is 41.9 Å². The van der Waals surface area contributed by atoms with E-state index >= 15 is 0 Å². The first-order chi connectivity index (χ1) is 16.9. The van der Waals surface area contributed by atoms with Crippen LogP contribution in [-0.4, -0.2) is 67.1 Å². The molecule has 3 heterocycles. The number of nitrogens with zero attached hydrogens (tertiary/aromatic N) is 4. The molecule has 1 saturated heterocycles. The van der Waals surface area contributed by atoms with Gasteiger partial charge in [0, 0.05) is 38.9 Å². The summed E-state index contributed by atoms with van der Waals surface area (Å²) in [5, 5.41) is 0. The van der Waals surface area contributed by atoms with Crippen LogP contribution < -0.4 is 4.90 Å². The molecule has 8 nitrogen and oxygen atoms in total. The highest BCUT2D eigenvalue weighted by atomic mass is 32.2. The van der Waals surface area contributed by atoms with Crippen LogP contribution in [0.25, 0.3) is 0 Å². The van der Waals surface area contributed by atoms with Crippen molar-refractivity contribution in [1.82, 2.24) is 14.2 Å². The Morgan fingerprint density at radius 3 is 2.26 bits per heavy atom. The van der Waals surface area contributed by atoms with E-state index in [1.54, 1.807) is 42.5 Å². The number of fused-ring (bicyclic) bond motifs is 1. The fourth-order valence-corrected chi connectivity index (χ4v) is 5.83. The van der Waals surface area contributed by atoms with Gasteiger partial charge in [-0.3, -0.25) is 19.5 Å². The van der Waals surface area contributed by atoms with Gasteiger partial charge in [0.25, 0.3) is 11.8 Å². The SMILES string of the molecule is O=C1c2cccnc2C(=O)N1CCc1ccc(S(=O)(=O)N2CCN(c3ccccc3F)CC2)cc1. The topological polar surface area (TPSA) is 90.9 Å². The normalized spacial score (nSPS) is 16.6. The van der Waals surface area contributed by atoms with Gasteiger partial charge in [0.1, 0.15) is 11.5 Å². The molecule has 0 spiro atoms. The standard InChI is InChI=1S/C25H23FN4O4S/c26-21-5-1-2-6-22(21)28-14-16-29(17-15-28)35(33,34)19-9-7-18(8-10-19)11-13-30-24(31)20-4-3-12-27-23(20)25(30)32/h1-10,12H,11,13-17H2. The molecule has 1 fully saturated rings. The highest BCUT2D eigenvalue weighted by Crippen LogP contribution is 2.24. The van der Waals surface area contributed by atoms with Crippen molar-refractivity contribution in [2.24, 2.45) is 0 Å². The summed E-state index contributed by atoms with van der Waals surface area (Å²) in [7, 11) is -3.69. The van der Waals surface area contributed by atoms with Gasteiger partial charge in [-0.15, -0.1) is 0 Å². The number of piperazine rings is 1. The molecule has 3 aromatic rings. The Balaban J connectivity index is 1.21. The number of aromatic nitrogens is 1. The largest absolute Gasteiger partial charge is 0.367 e. The predicted molar refractivity (Wildman–Crippen MR) is 127 cm³/mol. The molecule has 0 bridgehead atoms. The lowest BCUT2D eigenvalue weighted by Gasteiger charge is -2.35. The molecule has 0 atom stereocenters. The van der Waals surface area contributed by atoms with Crippen molar-refractivity contribution in [3.05, 3.63) is 89.5 Å². The van der Waals surface area contributed by atoms with Gasteiger partial charge >= 0.3 is 0 Å². The van der Waals surface area contributed by atoms with Crippen LogP contribution >= 0.6 is 0 Å². The van der Waals surface area contributed by atoms with Crippen LogP contribution in [-0.2, 0) is 16.4 Å². The number of rotatable bonds is 6. The fraction of sp³-hybridized carbons (Fsp3) is 0.240. The van der Waals surface area contributed by atoms with E-state index in [1.165, 1.54) is 28.7 Å². The van der Waals surface area contributed by atoms with Gasteiger partial charge in [-0.25, -0.2) is 12.8 Å². The molecule has 0 saturated carbocycles. The maximum Gasteiger partial charge on any atom is 0.280 e. The number of para-hydroxylation sites is 1. The molecule has 5 rings (SSSR count). The second-order valence-corrected chi connectivity index (χ2v) is 10.3. The number of anilines is 1. The molecule has 0 aliphatic carbocycles. The summed E-state index contributed by atoms with van der Waals surface area (Å²) in [5.41, 5.74) is 1.74. The van der Waals surface area contributed by atoms with Crippen LogP contribution in [0.2, 0.25) is 0 Å². The molecule has 0 N–H and O–H groups in total. The predicted octanol–water partition coefficient (Wildman–Crippen LogP) is 2.57. The Morgan fingerprint density at radius 1 is 0.857 bits per heavy atom. The Hall–Kier alpha value is -3.63. The van der Waals surface area contributed by atoms with Crippen LogP contribution in [0.5, 0.6) is 0 Å². The number of benzene rings is 2. The van der Waals surface area contributed by atoms with E-state index in [9.17, 15) is 22.4 Å². The molecule has 0 unspecified atom stereocenters. The summed E-state index contributed by atoms with van der Waals surface area (Å²) in [6, 6.07) is 16.1. The maximum absolute atomic E-state index is 14.1. The quantitative estimate of drug-likeness (QED) is 0.490. The summed E-state index contributed by atoms with van der Waals surface area (Å²) in [6.07, 6.45) is 1.87. The minimum Gasteiger partial charge on any atom is -0.367 e. The third-order valence-electron chi connectivity index (χ3n) is 6.35. The summed E-state index contributed by atoms with van der Waals surface area (Å²) in [4.78, 5) is 32.1. The molecule has 2 aliphatic heterocycles. The van der Waals surface area contributed by atoms with Crippen LogP contribution in [0.15, 0.2) is 71.8 Å².